The zero-order valence-corrected chi connectivity index (χ0v) is 15.2. The van der Waals surface area contributed by atoms with Crippen LogP contribution in [0.2, 0.25) is 0 Å². The summed E-state index contributed by atoms with van der Waals surface area (Å²) in [7, 11) is -3.54. The quantitative estimate of drug-likeness (QED) is 0.829. The van der Waals surface area contributed by atoms with E-state index in [-0.39, 0.29) is 29.3 Å². The topological polar surface area (TPSA) is 78.5 Å². The summed E-state index contributed by atoms with van der Waals surface area (Å²) in [4.78, 5) is 12.9. The van der Waals surface area contributed by atoms with E-state index in [2.05, 4.69) is 10.6 Å². The number of sulfonamides is 1. The molecule has 2 fully saturated rings. The Morgan fingerprint density at radius 1 is 1.26 bits per heavy atom. The molecule has 9 heteroatoms. The van der Waals surface area contributed by atoms with Gasteiger partial charge in [0.1, 0.15) is 9.77 Å². The molecule has 0 spiro atoms. The summed E-state index contributed by atoms with van der Waals surface area (Å²) in [6.07, 6.45) is 3.54. The van der Waals surface area contributed by atoms with Gasteiger partial charge in [0, 0.05) is 19.1 Å². The van der Waals surface area contributed by atoms with Gasteiger partial charge in [-0.25, -0.2) is 8.42 Å². The van der Waals surface area contributed by atoms with Gasteiger partial charge in [-0.1, -0.05) is 0 Å². The maximum Gasteiger partial charge on any atom is 0.262 e. The van der Waals surface area contributed by atoms with E-state index in [0.29, 0.717) is 18.0 Å². The predicted molar refractivity (Wildman–Crippen MR) is 92.9 cm³/mol. The van der Waals surface area contributed by atoms with Gasteiger partial charge in [-0.15, -0.1) is 23.7 Å². The standard InChI is InChI=1S/C14H21N3O3S2.ClH/c18-14(16-11-3-6-15-7-4-11)13-12(5-10-21-13)22(19,20)17-8-1-2-9-17;/h5,10-11,15H,1-4,6-9H2,(H,16,18);1H. The highest BCUT2D eigenvalue weighted by Crippen LogP contribution is 2.27. The van der Waals surface area contributed by atoms with Crippen LogP contribution in [-0.2, 0) is 10.0 Å². The molecule has 1 amide bonds. The number of rotatable bonds is 4. The van der Waals surface area contributed by atoms with Crippen LogP contribution in [0.25, 0.3) is 0 Å². The largest absolute Gasteiger partial charge is 0.348 e. The van der Waals surface area contributed by atoms with Gasteiger partial charge in [0.15, 0.2) is 0 Å². The lowest BCUT2D eigenvalue weighted by atomic mass is 10.1. The zero-order valence-electron chi connectivity index (χ0n) is 12.8. The second kappa shape index (κ2) is 7.94. The normalized spacial score (nSPS) is 20.2. The summed E-state index contributed by atoms with van der Waals surface area (Å²) in [6.45, 7) is 2.86. The number of amides is 1. The maximum absolute atomic E-state index is 12.7. The third-order valence-electron chi connectivity index (χ3n) is 4.19. The van der Waals surface area contributed by atoms with E-state index in [1.54, 1.807) is 11.4 Å². The molecule has 0 atom stereocenters. The molecule has 6 nitrogen and oxygen atoms in total. The Kier molecular flexibility index (Phi) is 6.44. The van der Waals surface area contributed by atoms with Gasteiger partial charge in [-0.2, -0.15) is 4.31 Å². The van der Waals surface area contributed by atoms with Crippen LogP contribution < -0.4 is 10.6 Å². The molecule has 130 valence electrons. The van der Waals surface area contributed by atoms with Gasteiger partial charge < -0.3 is 10.6 Å². The minimum absolute atomic E-state index is 0. The number of hydrogen-bond acceptors (Lipinski definition) is 5. The first kappa shape index (κ1) is 18.7. The van der Waals surface area contributed by atoms with Crippen molar-refractivity contribution in [2.45, 2.75) is 36.6 Å². The molecule has 3 heterocycles. The van der Waals surface area contributed by atoms with E-state index in [0.717, 1.165) is 38.8 Å². The van der Waals surface area contributed by atoms with Crippen LogP contribution in [0.15, 0.2) is 16.3 Å². The first-order valence-corrected chi connectivity index (χ1v) is 10.0. The highest BCUT2D eigenvalue weighted by molar-refractivity contribution is 7.89. The fourth-order valence-corrected chi connectivity index (χ4v) is 5.77. The van der Waals surface area contributed by atoms with Crippen LogP contribution in [0, 0.1) is 0 Å². The molecule has 3 rings (SSSR count). The van der Waals surface area contributed by atoms with Gasteiger partial charge in [0.25, 0.3) is 5.91 Å². The lowest BCUT2D eigenvalue weighted by molar-refractivity contribution is 0.0930. The van der Waals surface area contributed by atoms with Crippen LogP contribution in [-0.4, -0.2) is 50.9 Å². The van der Waals surface area contributed by atoms with Crippen molar-refractivity contribution in [2.24, 2.45) is 0 Å². The Morgan fingerprint density at radius 3 is 2.57 bits per heavy atom. The maximum atomic E-state index is 12.7. The van der Waals surface area contributed by atoms with Crippen molar-refractivity contribution in [1.82, 2.24) is 14.9 Å². The molecule has 1 aromatic rings. The summed E-state index contributed by atoms with van der Waals surface area (Å²) < 4.78 is 26.8. The van der Waals surface area contributed by atoms with Crippen molar-refractivity contribution >= 4 is 39.7 Å². The van der Waals surface area contributed by atoms with Crippen LogP contribution >= 0.6 is 23.7 Å². The van der Waals surface area contributed by atoms with Crippen molar-refractivity contribution in [2.75, 3.05) is 26.2 Å². The van der Waals surface area contributed by atoms with E-state index in [1.165, 1.54) is 15.6 Å². The molecule has 0 bridgehead atoms. The van der Waals surface area contributed by atoms with Gasteiger partial charge in [-0.3, -0.25) is 4.79 Å². The number of nitrogens with one attached hydrogen (secondary N) is 2. The molecule has 2 saturated heterocycles. The minimum Gasteiger partial charge on any atom is -0.348 e. The van der Waals surface area contributed by atoms with Crippen LogP contribution in [0.4, 0.5) is 0 Å². The molecular formula is C14H22ClN3O3S2. The molecule has 2 aliphatic heterocycles. The van der Waals surface area contributed by atoms with E-state index >= 15 is 0 Å². The number of thiophene rings is 1. The lowest BCUT2D eigenvalue weighted by Crippen LogP contribution is -2.43. The van der Waals surface area contributed by atoms with Gasteiger partial charge in [-0.05, 0) is 50.2 Å². The fourth-order valence-electron chi connectivity index (χ4n) is 2.95. The Labute approximate surface area is 147 Å². The Balaban J connectivity index is 0.00000192. The fraction of sp³-hybridized carbons (Fsp3) is 0.643. The number of carbonyl (C=O) groups is 1. The second-order valence-electron chi connectivity index (χ2n) is 5.72. The molecule has 1 aromatic heterocycles. The summed E-state index contributed by atoms with van der Waals surface area (Å²) in [5.74, 6) is -0.264. The van der Waals surface area contributed by atoms with Gasteiger partial charge >= 0.3 is 0 Å². The Bertz CT molecular complexity index is 635. The molecular weight excluding hydrogens is 358 g/mol. The van der Waals surface area contributed by atoms with Crippen molar-refractivity contribution in [3.8, 4) is 0 Å². The van der Waals surface area contributed by atoms with Crippen LogP contribution in [0.1, 0.15) is 35.4 Å². The molecule has 2 aliphatic rings. The first-order valence-electron chi connectivity index (χ1n) is 7.68. The first-order chi connectivity index (χ1) is 10.6. The lowest BCUT2D eigenvalue weighted by Gasteiger charge is -2.23. The highest BCUT2D eigenvalue weighted by Gasteiger charge is 2.32. The van der Waals surface area contributed by atoms with Gasteiger partial charge in [0.05, 0.1) is 0 Å². The Morgan fingerprint density at radius 2 is 1.91 bits per heavy atom. The number of halogens is 1. The van der Waals surface area contributed by atoms with Crippen molar-refractivity contribution in [3.63, 3.8) is 0 Å². The summed E-state index contributed by atoms with van der Waals surface area (Å²) >= 11 is 1.20. The third kappa shape index (κ3) is 4.06. The average molecular weight is 380 g/mol. The molecule has 0 unspecified atom stereocenters. The van der Waals surface area contributed by atoms with Crippen molar-refractivity contribution < 1.29 is 13.2 Å². The van der Waals surface area contributed by atoms with E-state index < -0.39 is 10.0 Å². The van der Waals surface area contributed by atoms with Crippen molar-refractivity contribution in [1.29, 1.82) is 0 Å². The summed E-state index contributed by atoms with van der Waals surface area (Å²) in [5.41, 5.74) is 0. The van der Waals surface area contributed by atoms with Crippen molar-refractivity contribution in [3.05, 3.63) is 16.3 Å². The minimum atomic E-state index is -3.54. The number of nitrogens with zero attached hydrogens (tertiary/aromatic N) is 1. The predicted octanol–water partition coefficient (Wildman–Crippen LogP) is 1.44. The highest BCUT2D eigenvalue weighted by atomic mass is 35.5. The second-order valence-corrected chi connectivity index (χ2v) is 8.55. The molecule has 0 saturated carbocycles. The monoisotopic (exact) mass is 379 g/mol. The number of carbonyl (C=O) groups excluding carboxylic acids is 1. The molecule has 23 heavy (non-hydrogen) atoms. The van der Waals surface area contributed by atoms with Crippen LogP contribution in [0.5, 0.6) is 0 Å². The molecule has 0 radical (unpaired) electrons. The third-order valence-corrected chi connectivity index (χ3v) is 7.18. The molecule has 0 aliphatic carbocycles. The van der Waals surface area contributed by atoms with E-state index in [1.807, 2.05) is 0 Å². The van der Waals surface area contributed by atoms with Crippen LogP contribution in [0.3, 0.4) is 0 Å². The Hall–Kier alpha value is -0.670. The van der Waals surface area contributed by atoms with E-state index in [4.69, 9.17) is 0 Å². The summed E-state index contributed by atoms with van der Waals surface area (Å²) in [5, 5.41) is 7.90. The zero-order chi connectivity index (χ0) is 15.6. The molecule has 0 aromatic carbocycles. The number of piperidine rings is 1. The summed E-state index contributed by atoms with van der Waals surface area (Å²) in [6, 6.07) is 1.67. The number of hydrogen-bond donors (Lipinski definition) is 2. The molecule has 2 N–H and O–H groups in total. The average Bonchev–Trinajstić information content (AvgIpc) is 3.20. The van der Waals surface area contributed by atoms with Gasteiger partial charge in [0.2, 0.25) is 10.0 Å². The van der Waals surface area contributed by atoms with E-state index in [9.17, 15) is 13.2 Å². The smallest absolute Gasteiger partial charge is 0.262 e. The SMILES string of the molecule is Cl.O=C(NC1CCNCC1)c1sccc1S(=O)(=O)N1CCCC1.